The lowest BCUT2D eigenvalue weighted by Crippen LogP contribution is -2.38. The summed E-state index contributed by atoms with van der Waals surface area (Å²) in [6.07, 6.45) is 2.07. The average Bonchev–Trinajstić information content (AvgIpc) is 2.62. The van der Waals surface area contributed by atoms with E-state index < -0.39 is 11.8 Å². The zero-order valence-electron chi connectivity index (χ0n) is 14.9. The van der Waals surface area contributed by atoms with Crippen LogP contribution in [-0.4, -0.2) is 42.4 Å². The van der Waals surface area contributed by atoms with Gasteiger partial charge >= 0.3 is 11.8 Å². The van der Waals surface area contributed by atoms with E-state index in [4.69, 9.17) is 4.74 Å². The molecule has 0 saturated heterocycles. The number of phenolic OH excluding ortho intramolecular Hbond substituents is 1. The van der Waals surface area contributed by atoms with Crippen molar-refractivity contribution < 1.29 is 19.4 Å². The van der Waals surface area contributed by atoms with Crippen molar-refractivity contribution in [2.75, 3.05) is 13.2 Å². The maximum absolute atomic E-state index is 11.7. The van der Waals surface area contributed by atoms with Crippen molar-refractivity contribution in [1.82, 2.24) is 10.7 Å². The molecule has 7 nitrogen and oxygen atoms in total. The van der Waals surface area contributed by atoms with Crippen molar-refractivity contribution in [3.63, 3.8) is 0 Å². The SMILES string of the molecule is CC(C)OCCCNC(=O)C(=O)N/N=C/c1c(O)ccc2ccccc12. The van der Waals surface area contributed by atoms with E-state index in [1.165, 1.54) is 6.21 Å². The monoisotopic (exact) mass is 357 g/mol. The molecule has 3 N–H and O–H groups in total. The number of hydrogen-bond donors (Lipinski definition) is 3. The summed E-state index contributed by atoms with van der Waals surface area (Å²) < 4.78 is 5.35. The summed E-state index contributed by atoms with van der Waals surface area (Å²) in [6, 6.07) is 10.8. The van der Waals surface area contributed by atoms with Crippen LogP contribution in [0.25, 0.3) is 10.8 Å². The van der Waals surface area contributed by atoms with Crippen LogP contribution in [0.1, 0.15) is 25.8 Å². The molecule has 26 heavy (non-hydrogen) atoms. The highest BCUT2D eigenvalue weighted by atomic mass is 16.5. The van der Waals surface area contributed by atoms with Gasteiger partial charge in [-0.15, -0.1) is 0 Å². The molecule has 0 bridgehead atoms. The van der Waals surface area contributed by atoms with Gasteiger partial charge in [0.05, 0.1) is 12.3 Å². The van der Waals surface area contributed by atoms with E-state index in [1.807, 2.05) is 38.1 Å². The van der Waals surface area contributed by atoms with Crippen LogP contribution in [0.5, 0.6) is 5.75 Å². The second-order valence-corrected chi connectivity index (χ2v) is 5.95. The van der Waals surface area contributed by atoms with Crippen molar-refractivity contribution in [2.24, 2.45) is 5.10 Å². The number of benzene rings is 2. The van der Waals surface area contributed by atoms with Crippen LogP contribution in [0.4, 0.5) is 0 Å². The number of nitrogens with one attached hydrogen (secondary N) is 2. The van der Waals surface area contributed by atoms with E-state index in [-0.39, 0.29) is 11.9 Å². The molecule has 0 radical (unpaired) electrons. The minimum absolute atomic E-state index is 0.0382. The van der Waals surface area contributed by atoms with E-state index >= 15 is 0 Å². The quantitative estimate of drug-likeness (QED) is 0.305. The van der Waals surface area contributed by atoms with E-state index in [0.29, 0.717) is 25.1 Å². The number of rotatable bonds is 7. The normalized spacial score (nSPS) is 11.2. The summed E-state index contributed by atoms with van der Waals surface area (Å²) in [5.74, 6) is -1.60. The number of aromatic hydroxyl groups is 1. The molecule has 7 heteroatoms. The number of hydrogen-bond acceptors (Lipinski definition) is 5. The third-order valence-corrected chi connectivity index (χ3v) is 3.57. The summed E-state index contributed by atoms with van der Waals surface area (Å²) >= 11 is 0. The molecular weight excluding hydrogens is 334 g/mol. The number of carbonyl (C=O) groups excluding carboxylic acids is 2. The number of phenols is 1. The van der Waals surface area contributed by atoms with Crippen molar-refractivity contribution in [3.05, 3.63) is 42.0 Å². The zero-order chi connectivity index (χ0) is 18.9. The number of amides is 2. The molecule has 0 aliphatic heterocycles. The Morgan fingerprint density at radius 2 is 1.96 bits per heavy atom. The molecule has 0 heterocycles. The Kier molecular flexibility index (Phi) is 7.11. The van der Waals surface area contributed by atoms with E-state index in [2.05, 4.69) is 15.8 Å². The predicted molar refractivity (Wildman–Crippen MR) is 100 cm³/mol. The lowest BCUT2D eigenvalue weighted by Gasteiger charge is -2.07. The molecule has 0 aliphatic rings. The van der Waals surface area contributed by atoms with Gasteiger partial charge in [0, 0.05) is 18.7 Å². The fraction of sp³-hybridized carbons (Fsp3) is 0.316. The molecule has 0 aliphatic carbocycles. The van der Waals surface area contributed by atoms with E-state index in [1.54, 1.807) is 12.1 Å². The molecule has 0 saturated carbocycles. The van der Waals surface area contributed by atoms with Crippen LogP contribution in [0, 0.1) is 0 Å². The summed E-state index contributed by atoms with van der Waals surface area (Å²) in [6.45, 7) is 4.71. The molecule has 0 unspecified atom stereocenters. The summed E-state index contributed by atoms with van der Waals surface area (Å²) in [7, 11) is 0. The molecule has 2 amide bonds. The van der Waals surface area contributed by atoms with Crippen LogP contribution in [0.3, 0.4) is 0 Å². The van der Waals surface area contributed by atoms with Gasteiger partial charge in [-0.2, -0.15) is 5.10 Å². The first-order valence-corrected chi connectivity index (χ1v) is 8.42. The minimum Gasteiger partial charge on any atom is -0.507 e. The van der Waals surface area contributed by atoms with Crippen molar-refractivity contribution in [3.8, 4) is 5.75 Å². The number of fused-ring (bicyclic) bond motifs is 1. The van der Waals surface area contributed by atoms with Gasteiger partial charge in [0.15, 0.2) is 0 Å². The maximum Gasteiger partial charge on any atom is 0.329 e. The highest BCUT2D eigenvalue weighted by Gasteiger charge is 2.12. The number of hydrazone groups is 1. The highest BCUT2D eigenvalue weighted by molar-refractivity contribution is 6.35. The van der Waals surface area contributed by atoms with Crippen LogP contribution in [0.2, 0.25) is 0 Å². The Morgan fingerprint density at radius 1 is 1.19 bits per heavy atom. The zero-order valence-corrected chi connectivity index (χ0v) is 14.9. The van der Waals surface area contributed by atoms with Crippen LogP contribution < -0.4 is 10.7 Å². The van der Waals surface area contributed by atoms with Gasteiger partial charge in [-0.05, 0) is 37.1 Å². The lowest BCUT2D eigenvalue weighted by molar-refractivity contribution is -0.139. The summed E-state index contributed by atoms with van der Waals surface area (Å²) in [4.78, 5) is 23.4. The molecule has 138 valence electrons. The molecule has 2 aromatic rings. The molecule has 2 aromatic carbocycles. The van der Waals surface area contributed by atoms with Gasteiger partial charge in [-0.3, -0.25) is 9.59 Å². The second kappa shape index (κ2) is 9.53. The molecule has 2 rings (SSSR count). The van der Waals surface area contributed by atoms with Gasteiger partial charge in [-0.1, -0.05) is 30.3 Å². The molecular formula is C19H23N3O4. The number of nitrogens with zero attached hydrogens (tertiary/aromatic N) is 1. The molecule has 0 spiro atoms. The Bertz CT molecular complexity index is 802. The van der Waals surface area contributed by atoms with Crippen molar-refractivity contribution >= 4 is 28.8 Å². The second-order valence-electron chi connectivity index (χ2n) is 5.95. The van der Waals surface area contributed by atoms with E-state index in [9.17, 15) is 14.7 Å². The third kappa shape index (κ3) is 5.56. The minimum atomic E-state index is -0.870. The number of carbonyl (C=O) groups is 2. The predicted octanol–water partition coefficient (Wildman–Crippen LogP) is 1.93. The van der Waals surface area contributed by atoms with Crippen molar-refractivity contribution in [2.45, 2.75) is 26.4 Å². The molecule has 0 fully saturated rings. The average molecular weight is 357 g/mol. The Labute approximate surface area is 152 Å². The third-order valence-electron chi connectivity index (χ3n) is 3.57. The number of ether oxygens (including phenoxy) is 1. The van der Waals surface area contributed by atoms with Gasteiger partial charge in [0.1, 0.15) is 5.75 Å². The first-order chi connectivity index (χ1) is 12.5. The van der Waals surface area contributed by atoms with Crippen molar-refractivity contribution in [1.29, 1.82) is 0 Å². The van der Waals surface area contributed by atoms with Gasteiger partial charge in [-0.25, -0.2) is 5.43 Å². The first-order valence-electron chi connectivity index (χ1n) is 8.42. The Balaban J connectivity index is 1.87. The lowest BCUT2D eigenvalue weighted by atomic mass is 10.0. The molecule has 0 atom stereocenters. The van der Waals surface area contributed by atoms with Crippen LogP contribution >= 0.6 is 0 Å². The molecule has 0 aromatic heterocycles. The Hall–Kier alpha value is -2.93. The van der Waals surface area contributed by atoms with Gasteiger partial charge < -0.3 is 15.2 Å². The van der Waals surface area contributed by atoms with Gasteiger partial charge in [0.2, 0.25) is 0 Å². The first kappa shape index (κ1) is 19.4. The van der Waals surface area contributed by atoms with Crippen LogP contribution in [-0.2, 0) is 14.3 Å². The van der Waals surface area contributed by atoms with Crippen LogP contribution in [0.15, 0.2) is 41.5 Å². The van der Waals surface area contributed by atoms with E-state index in [0.717, 1.165) is 10.8 Å². The smallest absolute Gasteiger partial charge is 0.329 e. The Morgan fingerprint density at radius 3 is 2.73 bits per heavy atom. The topological polar surface area (TPSA) is 100 Å². The largest absolute Gasteiger partial charge is 0.507 e. The fourth-order valence-corrected chi connectivity index (χ4v) is 2.30. The summed E-state index contributed by atoms with van der Waals surface area (Å²) in [5, 5.41) is 18.0. The fourth-order valence-electron chi connectivity index (χ4n) is 2.30. The van der Waals surface area contributed by atoms with Gasteiger partial charge in [0.25, 0.3) is 0 Å². The maximum atomic E-state index is 11.7. The summed E-state index contributed by atoms with van der Waals surface area (Å²) in [5.41, 5.74) is 2.63. The highest BCUT2D eigenvalue weighted by Crippen LogP contribution is 2.25. The standard InChI is InChI=1S/C19H23N3O4/c1-13(2)26-11-5-10-20-18(24)19(25)22-21-12-16-15-7-4-3-6-14(15)8-9-17(16)23/h3-4,6-9,12-13,23H,5,10-11H2,1-2H3,(H,20,24)(H,22,25)/b21-12+.